The molecule has 1 fully saturated rings. The van der Waals surface area contributed by atoms with Crippen LogP contribution in [0.2, 0.25) is 10.1 Å². The van der Waals surface area contributed by atoms with Crippen molar-refractivity contribution >= 4 is 48.9 Å². The summed E-state index contributed by atoms with van der Waals surface area (Å²) >= 11 is 0. The molecule has 2 atom stereocenters. The molecule has 8 rings (SSSR count). The smallest absolute Gasteiger partial charge is 0.305 e. The first-order valence-electron chi connectivity index (χ1n) is 23.3. The van der Waals surface area contributed by atoms with Gasteiger partial charge in [-0.1, -0.05) is 224 Å². The molecule has 65 heavy (non-hydrogen) atoms. The fourth-order valence-electron chi connectivity index (χ4n) is 11.2. The number of fused-ring (bicyclic) bond motifs is 2. The predicted molar refractivity (Wildman–Crippen MR) is 270 cm³/mol. The maximum Gasteiger partial charge on any atom is 0.305 e. The highest BCUT2D eigenvalue weighted by Crippen LogP contribution is 2.57. The molecule has 2 aliphatic rings. The first kappa shape index (κ1) is 46.1. The van der Waals surface area contributed by atoms with E-state index in [-0.39, 0.29) is 27.7 Å². The predicted octanol–water partition coefficient (Wildman–Crippen LogP) is 11.8. The van der Waals surface area contributed by atoms with Crippen LogP contribution in [0.5, 0.6) is 0 Å². The van der Waals surface area contributed by atoms with E-state index in [9.17, 15) is 14.3 Å². The van der Waals surface area contributed by atoms with Crippen LogP contribution in [0.25, 0.3) is 5.57 Å². The van der Waals surface area contributed by atoms with Gasteiger partial charge in [0.2, 0.25) is 0 Å². The van der Waals surface area contributed by atoms with Crippen molar-refractivity contribution in [2.45, 2.75) is 108 Å². The van der Waals surface area contributed by atoms with E-state index in [0.717, 1.165) is 57.6 Å². The summed E-state index contributed by atoms with van der Waals surface area (Å²) in [6, 6.07) is 57.9. The highest BCUT2D eigenvalue weighted by molar-refractivity contribution is 7.00. The summed E-state index contributed by atoms with van der Waals surface area (Å²) in [7, 11) is -6.43. The third-order valence-corrected chi connectivity index (χ3v) is 24.1. The van der Waals surface area contributed by atoms with Crippen LogP contribution in [0.3, 0.4) is 0 Å². The number of rotatable bonds is 15. The van der Waals surface area contributed by atoms with E-state index in [1.165, 1.54) is 16.7 Å². The van der Waals surface area contributed by atoms with Crippen molar-refractivity contribution in [2.75, 3.05) is 0 Å². The minimum Gasteiger partial charge on any atom is -0.481 e. The summed E-state index contributed by atoms with van der Waals surface area (Å²) in [5.41, 5.74) is 5.59. The van der Waals surface area contributed by atoms with E-state index in [2.05, 4.69) is 187 Å². The molecule has 0 unspecified atom stereocenters. The van der Waals surface area contributed by atoms with Gasteiger partial charge in [-0.25, -0.2) is 4.39 Å². The van der Waals surface area contributed by atoms with Gasteiger partial charge in [0, 0.05) is 11.8 Å². The fourth-order valence-corrected chi connectivity index (χ4v) is 20.5. The second-order valence-corrected chi connectivity index (χ2v) is 28.6. The third-order valence-electron chi connectivity index (χ3n) is 14.0. The molecule has 0 heterocycles. The zero-order valence-electron chi connectivity index (χ0n) is 38.8. The number of aliphatic carboxylic acids is 1. The molecule has 0 bridgehead atoms. The summed E-state index contributed by atoms with van der Waals surface area (Å²) in [6.45, 7) is 13.5. The summed E-state index contributed by atoms with van der Waals surface area (Å²) in [5, 5.41) is 14.6. The Morgan fingerprint density at radius 1 is 0.631 bits per heavy atom. The average molecular weight is 899 g/mol. The Morgan fingerprint density at radius 2 is 1.06 bits per heavy atom. The zero-order valence-corrected chi connectivity index (χ0v) is 40.8. The highest BCUT2D eigenvalue weighted by Gasteiger charge is 2.54. The van der Waals surface area contributed by atoms with E-state index >= 15 is 0 Å². The van der Waals surface area contributed by atoms with Crippen molar-refractivity contribution in [3.05, 3.63) is 210 Å². The van der Waals surface area contributed by atoms with Gasteiger partial charge in [0.1, 0.15) is 5.82 Å². The number of benzene rings is 6. The number of hydrogen-bond acceptors (Lipinski definition) is 3. The van der Waals surface area contributed by atoms with Gasteiger partial charge in [-0.2, -0.15) is 0 Å². The SMILES string of the molecule is CC(C)(C)[Si](O[C@@H](CC(=O)O)C[C@@H](/C=C/C1=C(c2ccc(F)cc2)c2ccccc2C12CCCC2)O[Si](c1ccccc1)(c1ccccc1)C(C)(C)C)(c1ccccc1)c1ccccc1. The van der Waals surface area contributed by atoms with E-state index in [0.29, 0.717) is 6.42 Å². The lowest BCUT2D eigenvalue weighted by Gasteiger charge is -2.47. The normalized spacial score (nSPS) is 16.2. The summed E-state index contributed by atoms with van der Waals surface area (Å²) in [6.07, 6.45) is 7.57. The topological polar surface area (TPSA) is 55.8 Å². The standard InChI is InChI=1S/C58H63FO4Si2/c1-56(2,3)64(47-23-11-7-12-24-47,48-25-13-8-14-26-48)62-45(37-38-53-55(43-33-35-44(59)36-34-43)51-31-19-20-32-52(51)58(53)39-21-22-40-58)41-46(42-54(60)61)63-65(57(4,5)6,49-27-15-9-16-28-49)50-29-17-10-18-30-50/h7-20,23-38,45-46H,21-22,39-42H2,1-6H3,(H,60,61)/b38-37+/t45-,46-/m1/s1. The van der Waals surface area contributed by atoms with E-state index < -0.39 is 34.8 Å². The van der Waals surface area contributed by atoms with Gasteiger partial charge in [-0.3, -0.25) is 4.79 Å². The fraction of sp³-hybridized carbons (Fsp3) is 0.293. The first-order chi connectivity index (χ1) is 31.2. The molecule has 0 aliphatic heterocycles. The lowest BCUT2D eigenvalue weighted by molar-refractivity contribution is -0.139. The second-order valence-electron chi connectivity index (χ2n) is 20.0. The summed E-state index contributed by atoms with van der Waals surface area (Å²) in [5.74, 6) is -1.18. The van der Waals surface area contributed by atoms with Gasteiger partial charge < -0.3 is 14.0 Å². The Labute approximate surface area is 388 Å². The molecular formula is C58H63FO4Si2. The van der Waals surface area contributed by atoms with E-state index in [4.69, 9.17) is 8.85 Å². The Kier molecular flexibility index (Phi) is 13.3. The number of carbonyl (C=O) groups is 1. The monoisotopic (exact) mass is 898 g/mol. The van der Waals surface area contributed by atoms with Gasteiger partial charge in [0.25, 0.3) is 16.6 Å². The molecule has 334 valence electrons. The van der Waals surface area contributed by atoms with Crippen LogP contribution in [0.1, 0.15) is 96.8 Å². The van der Waals surface area contributed by atoms with Crippen LogP contribution >= 0.6 is 0 Å². The number of hydrogen-bond donors (Lipinski definition) is 1. The van der Waals surface area contributed by atoms with Crippen LogP contribution in [-0.2, 0) is 19.1 Å². The molecule has 0 aromatic heterocycles. The first-order valence-corrected chi connectivity index (χ1v) is 27.1. The van der Waals surface area contributed by atoms with Crippen LogP contribution in [-0.4, -0.2) is 39.9 Å². The molecule has 4 nitrogen and oxygen atoms in total. The Bertz CT molecular complexity index is 2530. The van der Waals surface area contributed by atoms with Crippen LogP contribution < -0.4 is 20.7 Å². The Hall–Kier alpha value is -5.45. The zero-order chi connectivity index (χ0) is 45.9. The van der Waals surface area contributed by atoms with Crippen LogP contribution in [0, 0.1) is 5.82 Å². The molecule has 6 aromatic rings. The maximum absolute atomic E-state index is 14.6. The molecule has 1 spiro atoms. The van der Waals surface area contributed by atoms with Crippen molar-refractivity contribution in [1.82, 2.24) is 0 Å². The van der Waals surface area contributed by atoms with Crippen molar-refractivity contribution < 1.29 is 23.1 Å². The minimum absolute atomic E-state index is 0.197. The van der Waals surface area contributed by atoms with Crippen molar-refractivity contribution in [1.29, 1.82) is 0 Å². The second kappa shape index (κ2) is 18.8. The van der Waals surface area contributed by atoms with Gasteiger partial charge in [-0.15, -0.1) is 0 Å². The molecule has 1 saturated carbocycles. The molecule has 2 aliphatic carbocycles. The molecule has 0 radical (unpaired) electrons. The van der Waals surface area contributed by atoms with E-state index in [1.54, 1.807) is 12.1 Å². The van der Waals surface area contributed by atoms with Crippen LogP contribution in [0.4, 0.5) is 4.39 Å². The van der Waals surface area contributed by atoms with E-state index in [1.807, 2.05) is 24.3 Å². The Balaban J connectivity index is 1.35. The summed E-state index contributed by atoms with van der Waals surface area (Å²) < 4.78 is 30.4. The number of carboxylic acids is 1. The molecule has 1 N–H and O–H groups in total. The van der Waals surface area contributed by atoms with Gasteiger partial charge in [0.15, 0.2) is 0 Å². The van der Waals surface area contributed by atoms with Gasteiger partial charge in [-0.05, 0) is 83.6 Å². The third kappa shape index (κ3) is 8.84. The lowest BCUT2D eigenvalue weighted by atomic mass is 9.75. The molecule has 7 heteroatoms. The molecular weight excluding hydrogens is 836 g/mol. The highest BCUT2D eigenvalue weighted by atomic mass is 28.4. The van der Waals surface area contributed by atoms with Crippen molar-refractivity contribution in [3.63, 3.8) is 0 Å². The molecule has 6 aromatic carbocycles. The van der Waals surface area contributed by atoms with Crippen molar-refractivity contribution in [3.8, 4) is 0 Å². The number of carboxylic acid groups (broad SMARTS) is 1. The molecule has 0 amide bonds. The molecule has 0 saturated heterocycles. The summed E-state index contributed by atoms with van der Waals surface area (Å²) in [4.78, 5) is 13.2. The van der Waals surface area contributed by atoms with Crippen molar-refractivity contribution in [2.24, 2.45) is 0 Å². The van der Waals surface area contributed by atoms with Crippen LogP contribution in [0.15, 0.2) is 188 Å². The minimum atomic E-state index is -3.22. The quantitative estimate of drug-likeness (QED) is 0.104. The largest absolute Gasteiger partial charge is 0.481 e. The average Bonchev–Trinajstić information content (AvgIpc) is 3.90. The van der Waals surface area contributed by atoms with Gasteiger partial charge in [0.05, 0.1) is 18.6 Å². The lowest BCUT2D eigenvalue weighted by Crippen LogP contribution is -2.69. The number of allylic oxidation sites excluding steroid dienone is 2. The maximum atomic E-state index is 14.6. The Morgan fingerprint density at radius 3 is 1.51 bits per heavy atom. The number of halogens is 1. The van der Waals surface area contributed by atoms with Gasteiger partial charge >= 0.3 is 5.97 Å².